The second kappa shape index (κ2) is 24.4. The molecule has 0 aliphatic carbocycles. The van der Waals surface area contributed by atoms with Gasteiger partial charge < -0.3 is 43.7 Å². The van der Waals surface area contributed by atoms with E-state index in [0.717, 1.165) is 38.5 Å². The molecule has 2 heterocycles. The molecule has 0 bridgehead atoms. The van der Waals surface area contributed by atoms with E-state index in [0.29, 0.717) is 18.8 Å². The van der Waals surface area contributed by atoms with Crippen molar-refractivity contribution in [3.8, 4) is 0 Å². The Labute approximate surface area is 365 Å². The summed E-state index contributed by atoms with van der Waals surface area (Å²) in [4.78, 5) is 64.3. The summed E-state index contributed by atoms with van der Waals surface area (Å²) in [6.45, 7) is 22.9. The molecule has 3 N–H and O–H groups in total. The fourth-order valence-electron chi connectivity index (χ4n) is 8.37. The molecule has 0 unspecified atom stereocenters. The van der Waals surface area contributed by atoms with Gasteiger partial charge >= 0.3 is 17.9 Å². The van der Waals surface area contributed by atoms with Crippen LogP contribution in [0.5, 0.6) is 0 Å². The summed E-state index contributed by atoms with van der Waals surface area (Å²) in [6.07, 6.45) is -1.54. The molecule has 352 valence electrons. The summed E-state index contributed by atoms with van der Waals surface area (Å²) in [6, 6.07) is 0. The van der Waals surface area contributed by atoms with Gasteiger partial charge in [-0.3, -0.25) is 14.4 Å². The number of aliphatic hydroxyl groups is 3. The first-order chi connectivity index (χ1) is 28.3. The number of carbonyl (C=O) groups is 5. The van der Waals surface area contributed by atoms with Gasteiger partial charge in [0, 0.05) is 43.8 Å². The standard InChI is InChI=1S/C47H80O14/c1-15-57-44(54)32(9)40(45(55)61-46(11,12)13)36(51)25-39(53)58-41(26(2)3)43(56-14)37(52)24-35(50)31(8)34(49)18-16-29(6)42-30(7)21-23-47(60-42)22-20-28(5)38(59-47)19-17-27(4)33(10)48/h26-31,34,36-38,41-43,49,51-52H,15-25H2,1-14H3/b40-32-/t27-,28+,29+,30-,31-,34-,36+,37+,38-,41+,42-,43-,47+/m0/s1. The molecule has 2 aliphatic heterocycles. The minimum atomic E-state index is -1.79. The third-order valence-corrected chi connectivity index (χ3v) is 12.6. The van der Waals surface area contributed by atoms with Crippen LogP contribution in [-0.2, 0) is 52.4 Å². The molecule has 0 aromatic heterocycles. The maximum atomic E-state index is 13.5. The Balaban J connectivity index is 2.06. The van der Waals surface area contributed by atoms with Crippen molar-refractivity contribution < 1.29 is 67.7 Å². The number of rotatable bonds is 23. The van der Waals surface area contributed by atoms with Crippen LogP contribution in [0.2, 0.25) is 0 Å². The van der Waals surface area contributed by atoms with Gasteiger partial charge in [-0.25, -0.2) is 9.59 Å². The van der Waals surface area contributed by atoms with Crippen LogP contribution in [-0.4, -0.2) is 113 Å². The zero-order valence-electron chi connectivity index (χ0n) is 39.6. The van der Waals surface area contributed by atoms with Gasteiger partial charge in [-0.15, -0.1) is 0 Å². The average molecular weight is 869 g/mol. The van der Waals surface area contributed by atoms with E-state index in [-0.39, 0.29) is 54.3 Å². The molecule has 0 aromatic rings. The second-order valence-corrected chi connectivity index (χ2v) is 19.3. The van der Waals surface area contributed by atoms with E-state index in [2.05, 4.69) is 20.8 Å². The fourth-order valence-corrected chi connectivity index (χ4v) is 8.37. The van der Waals surface area contributed by atoms with Crippen LogP contribution in [0.25, 0.3) is 0 Å². The second-order valence-electron chi connectivity index (χ2n) is 19.3. The van der Waals surface area contributed by atoms with Crippen LogP contribution in [0.15, 0.2) is 11.1 Å². The molecule has 2 fully saturated rings. The minimum absolute atomic E-state index is 0.00481. The number of ketones is 2. The summed E-state index contributed by atoms with van der Waals surface area (Å²) in [7, 11) is 1.31. The van der Waals surface area contributed by atoms with E-state index in [4.69, 9.17) is 28.4 Å². The summed E-state index contributed by atoms with van der Waals surface area (Å²) in [5.74, 6) is -4.19. The van der Waals surface area contributed by atoms with Crippen molar-refractivity contribution >= 4 is 29.5 Å². The molecule has 0 saturated carbocycles. The normalized spacial score (nSPS) is 26.5. The minimum Gasteiger partial charge on any atom is -0.463 e. The van der Waals surface area contributed by atoms with Gasteiger partial charge in [0.25, 0.3) is 0 Å². The molecule has 13 atom stereocenters. The number of methoxy groups -OCH3 is 1. The highest BCUT2D eigenvalue weighted by Gasteiger charge is 2.48. The van der Waals surface area contributed by atoms with Gasteiger partial charge in [0.15, 0.2) is 5.79 Å². The quantitative estimate of drug-likeness (QED) is 0.0563. The smallest absolute Gasteiger partial charge is 0.337 e. The molecule has 14 heteroatoms. The number of aliphatic hydroxyl groups excluding tert-OH is 3. The summed E-state index contributed by atoms with van der Waals surface area (Å²) < 4.78 is 35.3. The molecule has 0 aromatic carbocycles. The van der Waals surface area contributed by atoms with Gasteiger partial charge in [-0.1, -0.05) is 48.5 Å². The average Bonchev–Trinajstić information content (AvgIpc) is 3.16. The monoisotopic (exact) mass is 869 g/mol. The molecule has 2 rings (SSSR count). The third kappa shape index (κ3) is 16.4. The van der Waals surface area contributed by atoms with Crippen molar-refractivity contribution in [3.05, 3.63) is 11.1 Å². The Morgan fingerprint density at radius 1 is 0.803 bits per heavy atom. The molecule has 2 saturated heterocycles. The SMILES string of the molecule is CCOC(=O)/C(C)=C(\C(=O)OC(C)(C)C)[C@H](O)CC(=O)O[C@H](C(C)C)[C@@H](OC)[C@H](O)CC(=O)[C@@H](C)[C@@H](O)CC[C@@H](C)[C@@H]1O[C@]2(CC[C@@H](C)[C@H](CC[C@H](C)C(C)=O)O2)CC[C@@H]1C. The Morgan fingerprint density at radius 3 is 1.95 bits per heavy atom. The van der Waals surface area contributed by atoms with Crippen molar-refractivity contribution in [2.45, 2.75) is 208 Å². The zero-order chi connectivity index (χ0) is 46.6. The topological polar surface area (TPSA) is 201 Å². The van der Waals surface area contributed by atoms with Crippen LogP contribution in [0.3, 0.4) is 0 Å². The molecule has 14 nitrogen and oxygen atoms in total. The lowest BCUT2D eigenvalue weighted by Crippen LogP contribution is -2.53. The predicted octanol–water partition coefficient (Wildman–Crippen LogP) is 6.61. The van der Waals surface area contributed by atoms with E-state index in [1.54, 1.807) is 55.4 Å². The first-order valence-corrected chi connectivity index (χ1v) is 22.5. The van der Waals surface area contributed by atoms with Crippen LogP contribution in [0.1, 0.15) is 154 Å². The molecule has 2 aliphatic rings. The van der Waals surface area contributed by atoms with E-state index in [1.807, 2.05) is 6.92 Å². The highest BCUT2D eigenvalue weighted by atomic mass is 16.7. The molecule has 0 amide bonds. The lowest BCUT2D eigenvalue weighted by atomic mass is 9.79. The predicted molar refractivity (Wildman–Crippen MR) is 229 cm³/mol. The van der Waals surface area contributed by atoms with Crippen molar-refractivity contribution in [1.29, 1.82) is 0 Å². The summed E-state index contributed by atoms with van der Waals surface area (Å²) in [5.41, 5.74) is -1.63. The zero-order valence-corrected chi connectivity index (χ0v) is 39.6. The molecule has 0 radical (unpaired) electrons. The van der Waals surface area contributed by atoms with Crippen LogP contribution in [0.4, 0.5) is 0 Å². The highest BCUT2D eigenvalue weighted by Crippen LogP contribution is 2.45. The Bertz CT molecular complexity index is 1480. The molecule has 1 spiro atoms. The summed E-state index contributed by atoms with van der Waals surface area (Å²) in [5, 5.41) is 33.6. The van der Waals surface area contributed by atoms with Crippen LogP contribution >= 0.6 is 0 Å². The van der Waals surface area contributed by atoms with Gasteiger partial charge in [-0.2, -0.15) is 0 Å². The van der Waals surface area contributed by atoms with Gasteiger partial charge in [0.05, 0.1) is 49.1 Å². The van der Waals surface area contributed by atoms with Gasteiger partial charge in [0.1, 0.15) is 29.4 Å². The number of hydrogen-bond acceptors (Lipinski definition) is 14. The Hall–Kier alpha value is -2.75. The van der Waals surface area contributed by atoms with Crippen molar-refractivity contribution in [2.75, 3.05) is 13.7 Å². The van der Waals surface area contributed by atoms with E-state index in [9.17, 15) is 39.3 Å². The number of ether oxygens (including phenoxy) is 6. The van der Waals surface area contributed by atoms with Gasteiger partial charge in [0.2, 0.25) is 0 Å². The molecule has 61 heavy (non-hydrogen) atoms. The maximum Gasteiger partial charge on any atom is 0.337 e. The third-order valence-electron chi connectivity index (χ3n) is 12.6. The van der Waals surface area contributed by atoms with Crippen molar-refractivity contribution in [2.24, 2.45) is 35.5 Å². The Morgan fingerprint density at radius 2 is 1.41 bits per heavy atom. The fraction of sp³-hybridized carbons (Fsp3) is 0.851. The van der Waals surface area contributed by atoms with Crippen LogP contribution in [0, 0.1) is 35.5 Å². The largest absolute Gasteiger partial charge is 0.463 e. The highest BCUT2D eigenvalue weighted by molar-refractivity contribution is 6.01. The first kappa shape index (κ1) is 54.4. The number of carbonyl (C=O) groups excluding carboxylic acids is 5. The van der Waals surface area contributed by atoms with Crippen molar-refractivity contribution in [1.82, 2.24) is 0 Å². The lowest BCUT2D eigenvalue weighted by molar-refractivity contribution is -0.338. The van der Waals surface area contributed by atoms with Crippen molar-refractivity contribution in [3.63, 3.8) is 0 Å². The molecular formula is C47H80O14. The van der Waals surface area contributed by atoms with Crippen LogP contribution < -0.4 is 0 Å². The number of esters is 3. The Kier molecular flexibility index (Phi) is 21.7. The van der Waals surface area contributed by atoms with E-state index < -0.39 is 89.4 Å². The first-order valence-electron chi connectivity index (χ1n) is 22.5. The van der Waals surface area contributed by atoms with E-state index >= 15 is 0 Å². The number of hydrogen-bond donors (Lipinski definition) is 3. The van der Waals surface area contributed by atoms with E-state index in [1.165, 1.54) is 14.0 Å². The maximum absolute atomic E-state index is 13.5. The van der Waals surface area contributed by atoms with Gasteiger partial charge in [-0.05, 0) is 104 Å². The molecular weight excluding hydrogens is 789 g/mol. The summed E-state index contributed by atoms with van der Waals surface area (Å²) >= 11 is 0. The lowest BCUT2D eigenvalue weighted by Gasteiger charge is -2.51. The number of Topliss-reactive ketones (excluding diaryl/α,β-unsaturated/α-hetero) is 2.